The second kappa shape index (κ2) is 9.13. The lowest BCUT2D eigenvalue weighted by molar-refractivity contribution is -0.121. The molecule has 0 aliphatic heterocycles. The molecule has 1 atom stereocenters. The maximum Gasteiger partial charge on any atom is 0.221 e. The Morgan fingerprint density at radius 3 is 2.73 bits per heavy atom. The number of amides is 1. The number of benzene rings is 2. The third-order valence-electron chi connectivity index (χ3n) is 5.53. The van der Waals surface area contributed by atoms with Crippen molar-refractivity contribution in [2.24, 2.45) is 0 Å². The van der Waals surface area contributed by atoms with Crippen molar-refractivity contribution < 1.29 is 4.79 Å². The monoisotopic (exact) mass is 466 g/mol. The average molecular weight is 467 g/mol. The summed E-state index contributed by atoms with van der Waals surface area (Å²) in [6.07, 6.45) is 3.67. The van der Waals surface area contributed by atoms with Crippen LogP contribution in [0.3, 0.4) is 0 Å². The first kappa shape index (κ1) is 20.8. The van der Waals surface area contributed by atoms with E-state index in [4.69, 9.17) is 9.97 Å². The molecule has 0 radical (unpaired) electrons. The van der Waals surface area contributed by atoms with Crippen LogP contribution < -0.4 is 10.2 Å². The highest BCUT2D eigenvalue weighted by atomic mass is 79.9. The molecule has 4 rings (SSSR count). The van der Waals surface area contributed by atoms with Crippen molar-refractivity contribution in [1.29, 1.82) is 0 Å². The molecule has 6 heteroatoms. The molecule has 156 valence electrons. The molecule has 1 amide bonds. The minimum atomic E-state index is 0.0978. The van der Waals surface area contributed by atoms with E-state index >= 15 is 0 Å². The second-order valence-corrected chi connectivity index (χ2v) is 8.87. The van der Waals surface area contributed by atoms with Crippen molar-refractivity contribution in [2.45, 2.75) is 51.6 Å². The number of hydrogen-bond donors (Lipinski definition) is 1. The number of fused-ring (bicyclic) bond motifs is 1. The van der Waals surface area contributed by atoms with Gasteiger partial charge in [0.25, 0.3) is 0 Å². The number of aromatic nitrogens is 2. The quantitative estimate of drug-likeness (QED) is 0.487. The molecular weight excluding hydrogens is 440 g/mol. The fourth-order valence-corrected chi connectivity index (χ4v) is 3.95. The Bertz CT molecular complexity index is 1050. The van der Waals surface area contributed by atoms with Gasteiger partial charge in [0.1, 0.15) is 5.82 Å². The Morgan fingerprint density at radius 1 is 1.20 bits per heavy atom. The van der Waals surface area contributed by atoms with Gasteiger partial charge >= 0.3 is 0 Å². The van der Waals surface area contributed by atoms with Gasteiger partial charge in [-0.05, 0) is 50.5 Å². The van der Waals surface area contributed by atoms with Crippen molar-refractivity contribution in [3.05, 3.63) is 53.0 Å². The lowest BCUT2D eigenvalue weighted by atomic mass is 10.1. The summed E-state index contributed by atoms with van der Waals surface area (Å²) < 4.78 is 0.999. The van der Waals surface area contributed by atoms with Gasteiger partial charge in [-0.1, -0.05) is 47.1 Å². The molecule has 1 aliphatic carbocycles. The van der Waals surface area contributed by atoms with E-state index in [1.165, 1.54) is 0 Å². The van der Waals surface area contributed by atoms with E-state index in [0.717, 1.165) is 46.0 Å². The third kappa shape index (κ3) is 4.81. The zero-order chi connectivity index (χ0) is 21.1. The van der Waals surface area contributed by atoms with Gasteiger partial charge in [0.15, 0.2) is 5.82 Å². The molecule has 5 nitrogen and oxygen atoms in total. The summed E-state index contributed by atoms with van der Waals surface area (Å²) in [5, 5.41) is 4.11. The molecule has 2 aromatic carbocycles. The van der Waals surface area contributed by atoms with E-state index < -0.39 is 0 Å². The first-order valence-electron chi connectivity index (χ1n) is 10.6. The number of nitrogens with one attached hydrogen (secondary N) is 1. The summed E-state index contributed by atoms with van der Waals surface area (Å²) in [6, 6.07) is 16.8. The molecule has 0 saturated heterocycles. The van der Waals surface area contributed by atoms with Crippen LogP contribution in [-0.4, -0.2) is 34.5 Å². The van der Waals surface area contributed by atoms with Crippen molar-refractivity contribution >= 4 is 38.6 Å². The maximum atomic E-state index is 12.4. The molecule has 1 heterocycles. The summed E-state index contributed by atoms with van der Waals surface area (Å²) in [5.41, 5.74) is 1.90. The molecule has 1 unspecified atom stereocenters. The van der Waals surface area contributed by atoms with Crippen molar-refractivity contribution in [3.63, 3.8) is 0 Å². The third-order valence-corrected chi connectivity index (χ3v) is 6.02. The summed E-state index contributed by atoms with van der Waals surface area (Å²) in [5.74, 6) is 1.73. The van der Waals surface area contributed by atoms with Gasteiger partial charge in [0, 0.05) is 40.5 Å². The van der Waals surface area contributed by atoms with E-state index in [2.05, 4.69) is 39.1 Å². The zero-order valence-electron chi connectivity index (χ0n) is 17.4. The number of rotatable bonds is 8. The zero-order valence-corrected chi connectivity index (χ0v) is 19.0. The van der Waals surface area contributed by atoms with Crippen molar-refractivity contribution in [3.8, 4) is 11.4 Å². The highest BCUT2D eigenvalue weighted by Crippen LogP contribution is 2.35. The maximum absolute atomic E-state index is 12.4. The van der Waals surface area contributed by atoms with E-state index in [0.29, 0.717) is 24.8 Å². The molecule has 0 spiro atoms. The molecule has 1 fully saturated rings. The van der Waals surface area contributed by atoms with Crippen LogP contribution in [0.15, 0.2) is 53.0 Å². The summed E-state index contributed by atoms with van der Waals surface area (Å²) >= 11 is 3.55. The van der Waals surface area contributed by atoms with Gasteiger partial charge in [-0.25, -0.2) is 9.97 Å². The lowest BCUT2D eigenvalue weighted by Gasteiger charge is -2.25. The predicted molar refractivity (Wildman–Crippen MR) is 126 cm³/mol. The van der Waals surface area contributed by atoms with Gasteiger partial charge in [-0.2, -0.15) is 0 Å². The smallest absolute Gasteiger partial charge is 0.221 e. The fourth-order valence-electron chi connectivity index (χ4n) is 3.55. The standard InChI is InChI=1S/C24H27BrN4O/c1-3-16(2)26-22(30)13-14-29(19-11-12-19)24-20-9-4-5-10-21(20)27-23(28-24)17-7-6-8-18(25)15-17/h4-10,15-16,19H,3,11-14H2,1-2H3,(H,26,30). The van der Waals surface area contributed by atoms with Gasteiger partial charge in [0.2, 0.25) is 5.91 Å². The second-order valence-electron chi connectivity index (χ2n) is 7.95. The number of para-hydroxylation sites is 1. The Balaban J connectivity index is 1.69. The molecule has 3 aromatic rings. The Kier molecular flexibility index (Phi) is 6.32. The number of carbonyl (C=O) groups is 1. The van der Waals surface area contributed by atoms with E-state index in [-0.39, 0.29) is 11.9 Å². The number of carbonyl (C=O) groups excluding carboxylic acids is 1. The van der Waals surface area contributed by atoms with Crippen molar-refractivity contribution in [1.82, 2.24) is 15.3 Å². The molecule has 30 heavy (non-hydrogen) atoms. The first-order valence-corrected chi connectivity index (χ1v) is 11.4. The van der Waals surface area contributed by atoms with Crippen LogP contribution >= 0.6 is 15.9 Å². The SMILES string of the molecule is CCC(C)NC(=O)CCN(c1nc(-c2cccc(Br)c2)nc2ccccc12)C1CC1. The predicted octanol–water partition coefficient (Wildman–Crippen LogP) is 5.33. The van der Waals surface area contributed by atoms with E-state index in [9.17, 15) is 4.79 Å². The lowest BCUT2D eigenvalue weighted by Crippen LogP contribution is -2.36. The highest BCUT2D eigenvalue weighted by molar-refractivity contribution is 9.10. The molecule has 0 bridgehead atoms. The number of anilines is 1. The Hall–Kier alpha value is -2.47. The summed E-state index contributed by atoms with van der Waals surface area (Å²) in [7, 11) is 0. The largest absolute Gasteiger partial charge is 0.354 e. The minimum Gasteiger partial charge on any atom is -0.354 e. The van der Waals surface area contributed by atoms with Crippen LogP contribution in [0.25, 0.3) is 22.3 Å². The van der Waals surface area contributed by atoms with Crippen LogP contribution in [0, 0.1) is 0 Å². The first-order chi connectivity index (χ1) is 14.5. The molecule has 1 aliphatic rings. The van der Waals surface area contributed by atoms with Gasteiger partial charge in [-0.3, -0.25) is 4.79 Å². The van der Waals surface area contributed by atoms with Gasteiger partial charge < -0.3 is 10.2 Å². The Labute approximate surface area is 186 Å². The number of halogens is 1. The molecule has 1 N–H and O–H groups in total. The molecular formula is C24H27BrN4O. The average Bonchev–Trinajstić information content (AvgIpc) is 3.58. The van der Waals surface area contributed by atoms with Crippen LogP contribution in [0.2, 0.25) is 0 Å². The Morgan fingerprint density at radius 2 is 2.00 bits per heavy atom. The number of nitrogens with zero attached hydrogens (tertiary/aromatic N) is 3. The van der Waals surface area contributed by atoms with Gasteiger partial charge in [0.05, 0.1) is 5.52 Å². The fraction of sp³-hybridized carbons (Fsp3) is 0.375. The van der Waals surface area contributed by atoms with Crippen LogP contribution in [0.1, 0.15) is 39.5 Å². The minimum absolute atomic E-state index is 0.0978. The van der Waals surface area contributed by atoms with Crippen molar-refractivity contribution in [2.75, 3.05) is 11.4 Å². The van der Waals surface area contributed by atoms with Crippen LogP contribution in [0.4, 0.5) is 5.82 Å². The molecule has 1 saturated carbocycles. The topological polar surface area (TPSA) is 58.1 Å². The summed E-state index contributed by atoms with van der Waals surface area (Å²) in [6.45, 7) is 4.78. The van der Waals surface area contributed by atoms with E-state index in [1.54, 1.807) is 0 Å². The highest BCUT2D eigenvalue weighted by Gasteiger charge is 2.31. The summed E-state index contributed by atoms with van der Waals surface area (Å²) in [4.78, 5) is 24.5. The van der Waals surface area contributed by atoms with E-state index in [1.807, 2.05) is 49.4 Å². The number of hydrogen-bond acceptors (Lipinski definition) is 4. The van der Waals surface area contributed by atoms with Crippen LogP contribution in [0.5, 0.6) is 0 Å². The normalized spacial score (nSPS) is 14.5. The van der Waals surface area contributed by atoms with Crippen LogP contribution in [-0.2, 0) is 4.79 Å². The van der Waals surface area contributed by atoms with Gasteiger partial charge in [-0.15, -0.1) is 0 Å². The molecule has 1 aromatic heterocycles.